The summed E-state index contributed by atoms with van der Waals surface area (Å²) < 4.78 is 12.2. The molecule has 5 rings (SSSR count). The summed E-state index contributed by atoms with van der Waals surface area (Å²) in [7, 11) is 1.43. The van der Waals surface area contributed by atoms with Gasteiger partial charge in [0.25, 0.3) is 5.91 Å². The zero-order chi connectivity index (χ0) is 48.9. The zero-order valence-electron chi connectivity index (χ0n) is 38.9. The van der Waals surface area contributed by atoms with E-state index in [-0.39, 0.29) is 45.1 Å². The first kappa shape index (κ1) is 52.6. The van der Waals surface area contributed by atoms with E-state index in [1.807, 2.05) is 12.1 Å². The molecule has 0 saturated heterocycles. The summed E-state index contributed by atoms with van der Waals surface area (Å²) in [5.74, 6) is 2.97. The van der Waals surface area contributed by atoms with Crippen LogP contribution < -0.4 is 59.5 Å². The lowest BCUT2D eigenvalue weighted by molar-refractivity contribution is -0.139. The van der Waals surface area contributed by atoms with Gasteiger partial charge in [-0.15, -0.1) is 0 Å². The monoisotopic (exact) mass is 922 g/mol. The lowest BCUT2D eigenvalue weighted by Gasteiger charge is -2.30. The third kappa shape index (κ3) is 15.3. The largest absolute Gasteiger partial charge is 0.492 e. The van der Waals surface area contributed by atoms with Crippen LogP contribution in [-0.2, 0) is 32.0 Å². The number of carbonyl (C=O) groups is 5. The molecule has 0 aromatic heterocycles. The predicted octanol–water partition coefficient (Wildman–Crippen LogP) is 2.22. The number of hydrogen-bond donors (Lipinski definition) is 9. The maximum absolute atomic E-state index is 14.4. The van der Waals surface area contributed by atoms with E-state index in [2.05, 4.69) is 64.5 Å². The Morgan fingerprint density at radius 3 is 1.94 bits per heavy atom. The zero-order valence-corrected chi connectivity index (χ0v) is 38.9. The highest BCUT2D eigenvalue weighted by Gasteiger charge is 2.33. The molecular formula is C49H67N11O7. The Bertz CT molecular complexity index is 2300. The quantitative estimate of drug-likeness (QED) is 0.0301. The van der Waals surface area contributed by atoms with Crippen molar-refractivity contribution < 1.29 is 33.4 Å². The van der Waals surface area contributed by atoms with Crippen LogP contribution in [0.1, 0.15) is 73.1 Å². The smallest absolute Gasteiger partial charge is 0.251 e. The molecule has 360 valence electrons. The number of fused-ring (bicyclic) bond motifs is 5. The fourth-order valence-corrected chi connectivity index (χ4v) is 7.01. The van der Waals surface area contributed by atoms with Gasteiger partial charge < -0.3 is 64.4 Å². The fraction of sp³-hybridized carbons (Fsp3) is 0.388. The summed E-state index contributed by atoms with van der Waals surface area (Å²) in [5.41, 5.74) is 27.9. The van der Waals surface area contributed by atoms with Crippen LogP contribution in [0.4, 0.5) is 0 Å². The molecule has 3 atom stereocenters. The molecule has 1 heterocycles. The van der Waals surface area contributed by atoms with Crippen molar-refractivity contribution in [3.8, 4) is 33.8 Å². The molecular weight excluding hydrogens is 855 g/mol. The van der Waals surface area contributed by atoms with Gasteiger partial charge in [0.15, 0.2) is 0 Å². The first-order chi connectivity index (χ1) is 32.3. The molecule has 1 aliphatic rings. The number of amides is 5. The van der Waals surface area contributed by atoms with E-state index in [0.717, 1.165) is 43.4 Å². The van der Waals surface area contributed by atoms with E-state index < -0.39 is 54.2 Å². The van der Waals surface area contributed by atoms with Crippen molar-refractivity contribution in [1.82, 2.24) is 26.2 Å². The molecule has 0 radical (unpaired) electrons. The second-order valence-electron chi connectivity index (χ2n) is 16.0. The van der Waals surface area contributed by atoms with Crippen molar-refractivity contribution in [3.05, 3.63) is 107 Å². The van der Waals surface area contributed by atoms with Gasteiger partial charge in [-0.1, -0.05) is 68.8 Å². The van der Waals surface area contributed by atoms with Gasteiger partial charge in [-0.25, -0.2) is 0 Å². The summed E-state index contributed by atoms with van der Waals surface area (Å²) in [6.07, 6.45) is 4.39. The number of nitrogens with zero attached hydrogens (tertiary/aromatic N) is 2. The Hall–Kier alpha value is -7.02. The summed E-state index contributed by atoms with van der Waals surface area (Å²) in [6.45, 7) is 6.61. The van der Waals surface area contributed by atoms with Gasteiger partial charge in [-0.2, -0.15) is 5.10 Å². The number of amidine groups is 1. The maximum Gasteiger partial charge on any atom is 0.251 e. The van der Waals surface area contributed by atoms with Crippen molar-refractivity contribution in [2.75, 3.05) is 53.0 Å². The molecule has 67 heavy (non-hydrogen) atoms. The van der Waals surface area contributed by atoms with Gasteiger partial charge >= 0.3 is 0 Å². The third-order valence-corrected chi connectivity index (χ3v) is 10.8. The second-order valence-corrected chi connectivity index (χ2v) is 16.0. The van der Waals surface area contributed by atoms with Crippen LogP contribution in [0.15, 0.2) is 90.0 Å². The number of hydrogen-bond acceptors (Lipinski definition) is 12. The SMILES string of the molecule is CCCCc1ccc(-c2ccc(C(=O)NCC(=O)N(C)C3C(=O)N[C@@H](C)C(=O)NC(C(=O)NC/C(N)=N/N)Cc4ccc(OCCN)c(c4)-c4cc3ccc4OCCN)cc2)cc1.CCCN. The average Bonchev–Trinajstić information content (AvgIpc) is 3.35. The van der Waals surface area contributed by atoms with Crippen LogP contribution in [0.3, 0.4) is 0 Å². The van der Waals surface area contributed by atoms with Gasteiger partial charge in [-0.05, 0) is 96.9 Å². The van der Waals surface area contributed by atoms with Gasteiger partial charge in [-0.3, -0.25) is 24.0 Å². The van der Waals surface area contributed by atoms with Crippen LogP contribution in [0, 0.1) is 0 Å². The van der Waals surface area contributed by atoms with E-state index >= 15 is 0 Å². The van der Waals surface area contributed by atoms with Gasteiger partial charge in [0.05, 0.1) is 13.1 Å². The van der Waals surface area contributed by atoms with Crippen molar-refractivity contribution >= 4 is 35.4 Å². The highest BCUT2D eigenvalue weighted by atomic mass is 16.5. The third-order valence-electron chi connectivity index (χ3n) is 10.8. The number of unbranched alkanes of at least 4 members (excludes halogenated alkanes) is 1. The first-order valence-electron chi connectivity index (χ1n) is 22.6. The maximum atomic E-state index is 14.4. The Kier molecular flexibility index (Phi) is 21.1. The number of carbonyl (C=O) groups excluding carboxylic acids is 5. The van der Waals surface area contributed by atoms with Crippen LogP contribution >= 0.6 is 0 Å². The number of nitrogens with one attached hydrogen (secondary N) is 4. The first-order valence-corrected chi connectivity index (χ1v) is 22.6. The Balaban J connectivity index is 0.00000235. The minimum atomic E-state index is -1.32. The molecule has 18 nitrogen and oxygen atoms in total. The van der Waals surface area contributed by atoms with E-state index in [9.17, 15) is 24.0 Å². The van der Waals surface area contributed by atoms with Crippen molar-refractivity contribution in [2.45, 2.75) is 71.0 Å². The molecule has 0 fully saturated rings. The number of nitrogens with two attached hydrogens (primary N) is 5. The summed E-state index contributed by atoms with van der Waals surface area (Å²) in [5, 5.41) is 14.1. The normalized spacial score (nSPS) is 15.9. The number of rotatable bonds is 18. The number of likely N-dealkylation sites (N-methyl/N-ethyl adjacent to an activating group) is 1. The van der Waals surface area contributed by atoms with E-state index in [4.69, 9.17) is 38.3 Å². The van der Waals surface area contributed by atoms with Crippen molar-refractivity contribution in [2.24, 2.45) is 33.9 Å². The number of hydrazone groups is 1. The Morgan fingerprint density at radius 2 is 1.36 bits per heavy atom. The fourth-order valence-electron chi connectivity index (χ4n) is 7.01. The van der Waals surface area contributed by atoms with E-state index in [0.29, 0.717) is 39.3 Å². The van der Waals surface area contributed by atoms with Gasteiger partial charge in [0.1, 0.15) is 48.7 Å². The lowest BCUT2D eigenvalue weighted by atomic mass is 9.93. The van der Waals surface area contributed by atoms with Crippen LogP contribution in [0.2, 0.25) is 0 Å². The molecule has 4 aromatic carbocycles. The van der Waals surface area contributed by atoms with E-state index in [1.165, 1.54) is 24.4 Å². The van der Waals surface area contributed by atoms with E-state index in [1.54, 1.807) is 48.5 Å². The molecule has 1 aliphatic heterocycles. The molecule has 18 heteroatoms. The average molecular weight is 922 g/mol. The van der Waals surface area contributed by atoms with Crippen molar-refractivity contribution in [1.29, 1.82) is 0 Å². The molecule has 0 spiro atoms. The Morgan fingerprint density at radius 1 is 0.761 bits per heavy atom. The minimum absolute atomic E-state index is 0.0173. The molecule has 14 N–H and O–H groups in total. The van der Waals surface area contributed by atoms with Crippen LogP contribution in [0.25, 0.3) is 22.3 Å². The topological polar surface area (TPSA) is 298 Å². The molecule has 0 aliphatic carbocycles. The highest BCUT2D eigenvalue weighted by molar-refractivity contribution is 5.99. The molecule has 4 aromatic rings. The lowest BCUT2D eigenvalue weighted by Crippen LogP contribution is -2.55. The molecule has 0 saturated carbocycles. The Labute approximate surface area is 392 Å². The molecule has 4 bridgehead atoms. The van der Waals surface area contributed by atoms with Crippen molar-refractivity contribution in [3.63, 3.8) is 0 Å². The molecule has 2 unspecified atom stereocenters. The molecule has 5 amide bonds. The van der Waals surface area contributed by atoms with Crippen LogP contribution in [-0.4, -0.2) is 105 Å². The summed E-state index contributed by atoms with van der Waals surface area (Å²) >= 11 is 0. The number of ether oxygens (including phenoxy) is 2. The van der Waals surface area contributed by atoms with Gasteiger partial charge in [0, 0.05) is 43.2 Å². The number of aryl methyl sites for hydroxylation is 1. The second kappa shape index (κ2) is 26.8. The summed E-state index contributed by atoms with van der Waals surface area (Å²) in [4.78, 5) is 70.0. The van der Waals surface area contributed by atoms with Crippen LogP contribution in [0.5, 0.6) is 11.5 Å². The number of benzene rings is 4. The standard InChI is InChI=1S/C46H58N10O7.C3H9N/c1-4-5-6-29-7-10-31(11-8-29)32-12-14-33(15-13-32)44(59)52-27-41(57)56(3)42-34-16-18-39(63-22-20-48)36(25-34)35-23-30(9-17-38(35)62-21-19-47)24-37(45(60)51-26-40(49)55-50)54-43(58)28(2)53-46(42)61;1-2-3-4/h7-18,23,25,28,37,42H,4-6,19-22,24,26-27,47-48,50H2,1-3H3,(H2,49,55)(H,51,60)(H,52,59)(H,53,61)(H,54,58);2-4H2,1H3/t28-,37?,42?;/m0./s1. The minimum Gasteiger partial charge on any atom is -0.492 e. The highest BCUT2D eigenvalue weighted by Crippen LogP contribution is 2.40. The predicted molar refractivity (Wildman–Crippen MR) is 261 cm³/mol. The summed E-state index contributed by atoms with van der Waals surface area (Å²) in [6, 6.07) is 22.0. The van der Waals surface area contributed by atoms with Gasteiger partial charge in [0.2, 0.25) is 23.6 Å².